The van der Waals surface area contributed by atoms with Crippen LogP contribution in [0, 0.1) is 19.8 Å². The molecule has 0 saturated carbocycles. The normalized spacial score (nSPS) is 11.7. The number of hydrogen-bond donors (Lipinski definition) is 2. The fraction of sp³-hybridized carbons (Fsp3) is 0.438. The standard InChI is InChI=1S/C16H22N2O5/c1-9(2)14(15(20)18-16(17)21)23-13(19)8-22-12-6-5-10(3)7-11(12)4/h5-7,9,14H,8H2,1-4H3,(H3,17,18,20,21)/t14-/m1/s1. The van der Waals surface area contributed by atoms with E-state index in [2.05, 4.69) is 0 Å². The summed E-state index contributed by atoms with van der Waals surface area (Å²) in [6.45, 7) is 6.85. The molecule has 23 heavy (non-hydrogen) atoms. The van der Waals surface area contributed by atoms with Gasteiger partial charge in [0.05, 0.1) is 0 Å². The van der Waals surface area contributed by atoms with Gasteiger partial charge in [-0.1, -0.05) is 31.5 Å². The summed E-state index contributed by atoms with van der Waals surface area (Å²) in [6, 6.07) is 4.56. The van der Waals surface area contributed by atoms with Crippen LogP contribution >= 0.6 is 0 Å². The van der Waals surface area contributed by atoms with Crippen LogP contribution in [0.25, 0.3) is 0 Å². The molecule has 1 aromatic rings. The van der Waals surface area contributed by atoms with Crippen LogP contribution in [0.1, 0.15) is 25.0 Å². The predicted octanol–water partition coefficient (Wildman–Crippen LogP) is 1.44. The third-order valence-electron chi connectivity index (χ3n) is 3.04. The van der Waals surface area contributed by atoms with Gasteiger partial charge in [-0.15, -0.1) is 0 Å². The van der Waals surface area contributed by atoms with Crippen LogP contribution in [0.5, 0.6) is 5.75 Å². The van der Waals surface area contributed by atoms with Crippen molar-refractivity contribution in [2.24, 2.45) is 11.7 Å². The van der Waals surface area contributed by atoms with Gasteiger partial charge >= 0.3 is 12.0 Å². The lowest BCUT2D eigenvalue weighted by atomic mass is 10.1. The minimum Gasteiger partial charge on any atom is -0.482 e. The van der Waals surface area contributed by atoms with E-state index in [1.165, 1.54) is 0 Å². The summed E-state index contributed by atoms with van der Waals surface area (Å²) in [5, 5.41) is 1.90. The molecule has 3 amide bonds. The zero-order valence-corrected chi connectivity index (χ0v) is 13.7. The first-order valence-corrected chi connectivity index (χ1v) is 7.20. The number of amides is 3. The van der Waals surface area contributed by atoms with E-state index in [1.54, 1.807) is 19.9 Å². The van der Waals surface area contributed by atoms with Crippen LogP contribution in [-0.4, -0.2) is 30.6 Å². The predicted molar refractivity (Wildman–Crippen MR) is 83.9 cm³/mol. The molecule has 0 radical (unpaired) electrons. The number of urea groups is 1. The van der Waals surface area contributed by atoms with E-state index in [0.717, 1.165) is 11.1 Å². The van der Waals surface area contributed by atoms with Gasteiger partial charge in [0, 0.05) is 0 Å². The molecule has 0 fully saturated rings. The maximum atomic E-state index is 11.9. The number of esters is 1. The van der Waals surface area contributed by atoms with E-state index in [9.17, 15) is 14.4 Å². The smallest absolute Gasteiger partial charge is 0.344 e. The molecule has 0 aromatic heterocycles. The summed E-state index contributed by atoms with van der Waals surface area (Å²) >= 11 is 0. The lowest BCUT2D eigenvalue weighted by Gasteiger charge is -2.20. The van der Waals surface area contributed by atoms with Gasteiger partial charge < -0.3 is 15.2 Å². The van der Waals surface area contributed by atoms with E-state index in [-0.39, 0.29) is 12.5 Å². The van der Waals surface area contributed by atoms with Crippen LogP contribution in [0.2, 0.25) is 0 Å². The van der Waals surface area contributed by atoms with Crippen molar-refractivity contribution in [1.82, 2.24) is 5.32 Å². The van der Waals surface area contributed by atoms with E-state index in [1.807, 2.05) is 31.3 Å². The number of nitrogens with one attached hydrogen (secondary N) is 1. The van der Waals surface area contributed by atoms with Gasteiger partial charge in [0.1, 0.15) is 5.75 Å². The van der Waals surface area contributed by atoms with Gasteiger partial charge in [0.2, 0.25) is 0 Å². The second kappa shape index (κ2) is 8.17. The van der Waals surface area contributed by atoms with Crippen molar-refractivity contribution >= 4 is 17.9 Å². The van der Waals surface area contributed by atoms with E-state index < -0.39 is 24.0 Å². The number of carbonyl (C=O) groups is 3. The molecule has 0 heterocycles. The number of hydrogen-bond acceptors (Lipinski definition) is 5. The summed E-state index contributed by atoms with van der Waals surface area (Å²) < 4.78 is 10.5. The molecule has 0 saturated heterocycles. The zero-order valence-electron chi connectivity index (χ0n) is 13.7. The Balaban J connectivity index is 2.62. The molecule has 0 aliphatic heterocycles. The van der Waals surface area contributed by atoms with Crippen molar-refractivity contribution in [3.05, 3.63) is 29.3 Å². The second-order valence-electron chi connectivity index (χ2n) is 5.57. The third-order valence-corrected chi connectivity index (χ3v) is 3.04. The maximum Gasteiger partial charge on any atom is 0.344 e. The van der Waals surface area contributed by atoms with Gasteiger partial charge in [-0.2, -0.15) is 0 Å². The first-order valence-electron chi connectivity index (χ1n) is 7.20. The number of rotatable bonds is 6. The van der Waals surface area contributed by atoms with Gasteiger partial charge in [-0.3, -0.25) is 10.1 Å². The number of primary amides is 1. The third kappa shape index (κ3) is 5.98. The van der Waals surface area contributed by atoms with Crippen LogP contribution < -0.4 is 15.8 Å². The van der Waals surface area contributed by atoms with Crippen molar-refractivity contribution in [1.29, 1.82) is 0 Å². The average Bonchev–Trinajstić information content (AvgIpc) is 2.42. The number of carbonyl (C=O) groups excluding carboxylic acids is 3. The van der Waals surface area contributed by atoms with Crippen LogP contribution in [0.15, 0.2) is 18.2 Å². The van der Waals surface area contributed by atoms with Crippen molar-refractivity contribution in [2.45, 2.75) is 33.8 Å². The summed E-state index contributed by atoms with van der Waals surface area (Å²) in [5.41, 5.74) is 6.87. The molecule has 7 heteroatoms. The number of ether oxygens (including phenoxy) is 2. The van der Waals surface area contributed by atoms with Gasteiger partial charge in [0.25, 0.3) is 5.91 Å². The Labute approximate surface area is 135 Å². The highest BCUT2D eigenvalue weighted by molar-refractivity contribution is 5.96. The Morgan fingerprint density at radius 3 is 2.39 bits per heavy atom. The zero-order chi connectivity index (χ0) is 17.6. The molecule has 1 aromatic carbocycles. The molecule has 0 aliphatic rings. The molecule has 0 bridgehead atoms. The van der Waals surface area contributed by atoms with E-state index in [0.29, 0.717) is 5.75 Å². The monoisotopic (exact) mass is 322 g/mol. The molecule has 1 rings (SSSR count). The fourth-order valence-corrected chi connectivity index (χ4v) is 1.96. The van der Waals surface area contributed by atoms with Crippen molar-refractivity contribution in [3.8, 4) is 5.75 Å². The van der Waals surface area contributed by atoms with Crippen molar-refractivity contribution in [3.63, 3.8) is 0 Å². The number of imide groups is 1. The number of aryl methyl sites for hydroxylation is 2. The molecule has 0 unspecified atom stereocenters. The van der Waals surface area contributed by atoms with Crippen molar-refractivity contribution < 1.29 is 23.9 Å². The van der Waals surface area contributed by atoms with Gasteiger partial charge in [-0.05, 0) is 31.4 Å². The summed E-state index contributed by atoms with van der Waals surface area (Å²) in [4.78, 5) is 34.3. The van der Waals surface area contributed by atoms with Crippen LogP contribution in [0.3, 0.4) is 0 Å². The topological polar surface area (TPSA) is 108 Å². The largest absolute Gasteiger partial charge is 0.482 e. The minimum atomic E-state index is -1.11. The Bertz CT molecular complexity index is 598. The second-order valence-corrected chi connectivity index (χ2v) is 5.57. The Hall–Kier alpha value is -2.57. The van der Waals surface area contributed by atoms with Crippen LogP contribution in [-0.2, 0) is 14.3 Å². The summed E-state index contributed by atoms with van der Waals surface area (Å²) in [7, 11) is 0. The quantitative estimate of drug-likeness (QED) is 0.771. The molecule has 126 valence electrons. The highest BCUT2D eigenvalue weighted by Crippen LogP contribution is 2.18. The van der Waals surface area contributed by atoms with Gasteiger partial charge in [0.15, 0.2) is 12.7 Å². The first kappa shape index (κ1) is 18.5. The van der Waals surface area contributed by atoms with Crippen LogP contribution in [0.4, 0.5) is 4.79 Å². The Morgan fingerprint density at radius 2 is 1.87 bits per heavy atom. The lowest BCUT2D eigenvalue weighted by Crippen LogP contribution is -2.46. The number of nitrogens with two attached hydrogens (primary N) is 1. The van der Waals surface area contributed by atoms with Crippen molar-refractivity contribution in [2.75, 3.05) is 6.61 Å². The molecule has 3 N–H and O–H groups in total. The minimum absolute atomic E-state index is 0.320. The first-order chi connectivity index (χ1) is 10.7. The molecule has 0 aliphatic carbocycles. The highest BCUT2D eigenvalue weighted by atomic mass is 16.6. The molecular weight excluding hydrogens is 300 g/mol. The van der Waals surface area contributed by atoms with Gasteiger partial charge in [-0.25, -0.2) is 9.59 Å². The number of benzene rings is 1. The van der Waals surface area contributed by atoms with E-state index >= 15 is 0 Å². The average molecular weight is 322 g/mol. The molecule has 0 spiro atoms. The summed E-state index contributed by atoms with van der Waals surface area (Å²) in [5.74, 6) is -1.22. The summed E-state index contributed by atoms with van der Waals surface area (Å²) in [6.07, 6.45) is -1.11. The lowest BCUT2D eigenvalue weighted by molar-refractivity contribution is -0.160. The molecule has 7 nitrogen and oxygen atoms in total. The van der Waals surface area contributed by atoms with E-state index in [4.69, 9.17) is 15.2 Å². The maximum absolute atomic E-state index is 11.9. The SMILES string of the molecule is Cc1ccc(OCC(=O)O[C@@H](C(=O)NC(N)=O)C(C)C)c(C)c1. The Kier molecular flexibility index (Phi) is 6.56. The fourth-order valence-electron chi connectivity index (χ4n) is 1.96. The Morgan fingerprint density at radius 1 is 1.22 bits per heavy atom. The molecule has 1 atom stereocenters. The molecular formula is C16H22N2O5. The highest BCUT2D eigenvalue weighted by Gasteiger charge is 2.27.